The Balaban J connectivity index is 2.58. The molecule has 0 saturated carbocycles. The molecule has 0 aliphatic rings. The summed E-state index contributed by atoms with van der Waals surface area (Å²) in [4.78, 5) is 0. The Morgan fingerprint density at radius 3 is 2.00 bits per heavy atom. The molecule has 0 fully saturated rings. The van der Waals surface area contributed by atoms with Crippen LogP contribution in [0.2, 0.25) is 0 Å². The summed E-state index contributed by atoms with van der Waals surface area (Å²) >= 11 is 0. The van der Waals surface area contributed by atoms with Crippen LogP contribution in [0.5, 0.6) is 0 Å². The largest absolute Gasteiger partial charge is 0.324 e. The normalized spacial score (nSPS) is 12.9. The smallest absolute Gasteiger partial charge is 0.0903 e. The van der Waals surface area contributed by atoms with E-state index in [1.165, 1.54) is 12.1 Å². The fourth-order valence-electron chi connectivity index (χ4n) is 1.39. The molecular formula is C14H24N+. The predicted molar refractivity (Wildman–Crippen MR) is 66.9 cm³/mol. The van der Waals surface area contributed by atoms with Crippen LogP contribution in [0.1, 0.15) is 26.3 Å². The molecule has 0 N–H and O–H groups in total. The lowest BCUT2D eigenvalue weighted by molar-refractivity contribution is -0.935. The molecule has 1 aromatic carbocycles. The zero-order valence-electron chi connectivity index (χ0n) is 10.7. The molecule has 1 nitrogen and oxygen atoms in total. The van der Waals surface area contributed by atoms with Gasteiger partial charge in [0.15, 0.2) is 0 Å². The minimum atomic E-state index is 0.314. The van der Waals surface area contributed by atoms with E-state index in [1.807, 2.05) is 0 Å². The highest BCUT2D eigenvalue weighted by molar-refractivity contribution is 5.14. The molecule has 0 aromatic heterocycles. The van der Waals surface area contributed by atoms with Crippen molar-refractivity contribution in [3.05, 3.63) is 35.9 Å². The van der Waals surface area contributed by atoms with E-state index in [2.05, 4.69) is 65.2 Å². The van der Waals surface area contributed by atoms with E-state index in [0.717, 1.165) is 10.9 Å². The Bertz CT molecular complexity index is 293. The Kier molecular flexibility index (Phi) is 3.56. The maximum absolute atomic E-state index is 2.31. The summed E-state index contributed by atoms with van der Waals surface area (Å²) in [5.41, 5.74) is 1.75. The number of rotatable bonds is 3. The topological polar surface area (TPSA) is 0 Å². The zero-order valence-corrected chi connectivity index (χ0v) is 10.7. The van der Waals surface area contributed by atoms with Gasteiger partial charge in [0.2, 0.25) is 0 Å². The van der Waals surface area contributed by atoms with Gasteiger partial charge in [-0.3, -0.25) is 0 Å². The molecule has 0 unspecified atom stereocenters. The molecule has 0 aliphatic heterocycles. The fourth-order valence-corrected chi connectivity index (χ4v) is 1.39. The van der Waals surface area contributed by atoms with Gasteiger partial charge in [-0.25, -0.2) is 0 Å². The van der Waals surface area contributed by atoms with Crippen molar-refractivity contribution in [2.75, 3.05) is 20.6 Å². The summed E-state index contributed by atoms with van der Waals surface area (Å²) in [7, 11) is 4.62. The van der Waals surface area contributed by atoms with E-state index in [9.17, 15) is 0 Å². The average Bonchev–Trinajstić information content (AvgIpc) is 2.15. The molecule has 84 valence electrons. The molecule has 0 atom stereocenters. The first kappa shape index (κ1) is 12.3. The lowest BCUT2D eigenvalue weighted by atomic mass is 10.0. The fraction of sp³-hybridized carbons (Fsp3) is 0.571. The van der Waals surface area contributed by atoms with Gasteiger partial charge in [-0.2, -0.15) is 0 Å². The van der Waals surface area contributed by atoms with Crippen molar-refractivity contribution in [1.29, 1.82) is 0 Å². The summed E-state index contributed by atoms with van der Waals surface area (Å²) in [6.45, 7) is 8.10. The zero-order chi connectivity index (χ0) is 11.5. The van der Waals surface area contributed by atoms with Crippen molar-refractivity contribution in [3.8, 4) is 0 Å². The van der Waals surface area contributed by atoms with Gasteiger partial charge in [0.25, 0.3) is 0 Å². The highest BCUT2D eigenvalue weighted by Crippen LogP contribution is 2.19. The van der Waals surface area contributed by atoms with E-state index < -0.39 is 0 Å². The molecule has 15 heavy (non-hydrogen) atoms. The van der Waals surface area contributed by atoms with Crippen LogP contribution >= 0.6 is 0 Å². The number of quaternary nitrogens is 1. The summed E-state index contributed by atoms with van der Waals surface area (Å²) < 4.78 is 1.06. The van der Waals surface area contributed by atoms with Crippen LogP contribution in [0.3, 0.4) is 0 Å². The second-order valence-corrected chi connectivity index (χ2v) is 5.82. The third-order valence-electron chi connectivity index (χ3n) is 3.62. The summed E-state index contributed by atoms with van der Waals surface area (Å²) in [6.07, 6.45) is 1.16. The van der Waals surface area contributed by atoms with E-state index in [1.54, 1.807) is 0 Å². The minimum Gasteiger partial charge on any atom is -0.324 e. The Hall–Kier alpha value is -0.820. The molecule has 1 aromatic rings. The maximum Gasteiger partial charge on any atom is 0.0903 e. The standard InChI is InChI=1S/C14H24N/c1-14(2,3)15(4,5)12-11-13-9-7-6-8-10-13/h6-10H,11-12H2,1-5H3/q+1. The van der Waals surface area contributed by atoms with Gasteiger partial charge in [0, 0.05) is 6.42 Å². The van der Waals surface area contributed by atoms with Gasteiger partial charge >= 0.3 is 0 Å². The van der Waals surface area contributed by atoms with E-state index >= 15 is 0 Å². The molecule has 0 spiro atoms. The van der Waals surface area contributed by atoms with Gasteiger partial charge in [-0.05, 0) is 26.3 Å². The summed E-state index contributed by atoms with van der Waals surface area (Å²) in [5.74, 6) is 0. The first-order chi connectivity index (χ1) is 6.83. The third kappa shape index (κ3) is 3.35. The first-order valence-electron chi connectivity index (χ1n) is 5.70. The highest BCUT2D eigenvalue weighted by Gasteiger charge is 2.30. The lowest BCUT2D eigenvalue weighted by Crippen LogP contribution is -2.55. The molecule has 0 radical (unpaired) electrons. The van der Waals surface area contributed by atoms with Crippen molar-refractivity contribution >= 4 is 0 Å². The van der Waals surface area contributed by atoms with Gasteiger partial charge < -0.3 is 4.48 Å². The van der Waals surface area contributed by atoms with Crippen molar-refractivity contribution in [2.24, 2.45) is 0 Å². The molecule has 0 saturated heterocycles. The Morgan fingerprint density at radius 2 is 1.53 bits per heavy atom. The van der Waals surface area contributed by atoms with Gasteiger partial charge in [-0.15, -0.1) is 0 Å². The lowest BCUT2D eigenvalue weighted by Gasteiger charge is -2.42. The van der Waals surface area contributed by atoms with Crippen LogP contribution in [0.25, 0.3) is 0 Å². The Morgan fingerprint density at radius 1 is 1.00 bits per heavy atom. The molecule has 0 heterocycles. The molecule has 1 rings (SSSR count). The third-order valence-corrected chi connectivity index (χ3v) is 3.62. The molecule has 0 aliphatic carbocycles. The van der Waals surface area contributed by atoms with Crippen LogP contribution in [0.4, 0.5) is 0 Å². The maximum atomic E-state index is 2.31. The molecule has 0 bridgehead atoms. The summed E-state index contributed by atoms with van der Waals surface area (Å²) in [5, 5.41) is 0. The van der Waals surface area contributed by atoms with Crippen LogP contribution in [0, 0.1) is 0 Å². The average molecular weight is 206 g/mol. The number of hydrogen-bond acceptors (Lipinski definition) is 0. The molecule has 0 amide bonds. The number of likely N-dealkylation sites (N-methyl/N-ethyl adjacent to an activating group) is 1. The van der Waals surface area contributed by atoms with Gasteiger partial charge in [0.05, 0.1) is 26.2 Å². The number of benzene rings is 1. The number of hydrogen-bond donors (Lipinski definition) is 0. The van der Waals surface area contributed by atoms with Gasteiger partial charge in [0.1, 0.15) is 0 Å². The van der Waals surface area contributed by atoms with Crippen LogP contribution in [-0.4, -0.2) is 30.7 Å². The van der Waals surface area contributed by atoms with Crippen molar-refractivity contribution in [1.82, 2.24) is 0 Å². The first-order valence-corrected chi connectivity index (χ1v) is 5.70. The second kappa shape index (κ2) is 4.36. The van der Waals surface area contributed by atoms with E-state index in [-0.39, 0.29) is 0 Å². The van der Waals surface area contributed by atoms with Crippen molar-refractivity contribution in [3.63, 3.8) is 0 Å². The molecular weight excluding hydrogens is 182 g/mol. The van der Waals surface area contributed by atoms with E-state index in [4.69, 9.17) is 0 Å². The van der Waals surface area contributed by atoms with Crippen LogP contribution in [0.15, 0.2) is 30.3 Å². The quantitative estimate of drug-likeness (QED) is 0.667. The number of nitrogens with zero attached hydrogens (tertiary/aromatic N) is 1. The van der Waals surface area contributed by atoms with Crippen LogP contribution in [-0.2, 0) is 6.42 Å². The monoisotopic (exact) mass is 206 g/mol. The summed E-state index contributed by atoms with van der Waals surface area (Å²) in [6, 6.07) is 10.7. The molecule has 1 heteroatoms. The van der Waals surface area contributed by atoms with E-state index in [0.29, 0.717) is 5.54 Å². The van der Waals surface area contributed by atoms with Crippen molar-refractivity contribution < 1.29 is 4.48 Å². The SMILES string of the molecule is CC(C)(C)[N+](C)(C)CCc1ccccc1. The van der Waals surface area contributed by atoms with Crippen molar-refractivity contribution in [2.45, 2.75) is 32.7 Å². The highest BCUT2D eigenvalue weighted by atomic mass is 15.4. The van der Waals surface area contributed by atoms with Gasteiger partial charge in [-0.1, -0.05) is 30.3 Å². The second-order valence-electron chi connectivity index (χ2n) is 5.82. The predicted octanol–water partition coefficient (Wildman–Crippen LogP) is 3.10. The van der Waals surface area contributed by atoms with Crippen LogP contribution < -0.4 is 0 Å². The minimum absolute atomic E-state index is 0.314. The Labute approximate surface area is 94.3 Å².